The van der Waals surface area contributed by atoms with Gasteiger partial charge in [0.25, 0.3) is 0 Å². The fourth-order valence-corrected chi connectivity index (χ4v) is 14.0. The van der Waals surface area contributed by atoms with Gasteiger partial charge in [0.2, 0.25) is 5.95 Å². The fourth-order valence-electron chi connectivity index (χ4n) is 12.5. The highest BCUT2D eigenvalue weighted by molar-refractivity contribution is 7.26. The Bertz CT molecular complexity index is 4730. The van der Waals surface area contributed by atoms with Crippen molar-refractivity contribution in [2.24, 2.45) is 4.99 Å². The van der Waals surface area contributed by atoms with Crippen LogP contribution in [0.25, 0.3) is 120 Å². The van der Waals surface area contributed by atoms with E-state index in [4.69, 9.17) is 26.6 Å². The van der Waals surface area contributed by atoms with E-state index >= 15 is 0 Å². The molecule has 2 aliphatic rings. The highest BCUT2D eigenvalue weighted by Crippen LogP contribution is 2.49. The van der Waals surface area contributed by atoms with Crippen molar-refractivity contribution in [3.05, 3.63) is 253 Å². The number of hydrogen-bond donors (Lipinski definition) is 1. The smallest absolute Gasteiger partial charge is 0.235 e. The molecule has 7 heteroatoms. The number of amidine groups is 1. The number of para-hydroxylation sites is 1. The molecule has 1 N–H and O–H groups in total. The maximum Gasteiger partial charge on any atom is 0.235 e. The molecule has 1 unspecified atom stereocenters. The minimum atomic E-state index is -0.577. The molecule has 0 fully saturated rings. The summed E-state index contributed by atoms with van der Waals surface area (Å²) in [5.74, 6) is 0.627. The van der Waals surface area contributed by atoms with Crippen LogP contribution in [-0.4, -0.2) is 25.9 Å². The van der Waals surface area contributed by atoms with E-state index in [1.807, 2.05) is 29.6 Å². The lowest BCUT2D eigenvalue weighted by atomic mass is 9.75. The normalized spacial score (nSPS) is 16.5. The molecule has 76 heavy (non-hydrogen) atoms. The SMILES string of the molecule is C=C/C=C\C=C/C1NC(Cl)=N[C@]12CC=Cc1ccc(Cc3ccc4c5ccccc5c5c6cccc(-c7cccc8c7sc7ccccc78)c6n(-c6nc(-c7ccccc7)c7ccc8ccccc8c7n6)c5c4c3)cc12. The monoisotopic (exact) mass is 1010 g/mol. The van der Waals surface area contributed by atoms with Gasteiger partial charge in [-0.25, -0.2) is 15.0 Å². The number of allylic oxidation sites excluding steroid dienone is 4. The average molecular weight is 1010 g/mol. The highest BCUT2D eigenvalue weighted by Gasteiger charge is 2.45. The number of nitrogens with one attached hydrogen (secondary N) is 1. The molecule has 0 amide bonds. The third kappa shape index (κ3) is 6.88. The van der Waals surface area contributed by atoms with E-state index in [0.717, 1.165) is 72.3 Å². The van der Waals surface area contributed by atoms with Crippen molar-refractivity contribution >= 4 is 120 Å². The van der Waals surface area contributed by atoms with Gasteiger partial charge in [0.15, 0.2) is 5.29 Å². The standard InChI is InChI=1S/C69H46ClN5S/c1-2-3-4-8-31-60-69(74-67(70)71-60)38-17-21-45-34-32-43(41-58(45)69)39-42-33-36-49-48-23-11-12-25-51(48)61-55-29-15-26-52(54-28-16-27-53-50-24-13-14-30-59(50)76-66(53)54)64(55)75(65(61)57(49)40-42)68-72-62(46-19-6-5-7-20-46)56-37-35-44-18-9-10-22-47(44)63(56)73-68/h2-37,40-41,60H,1,38-39H2,(H,71,74)/b4-3-,31-8-/t60?,69-/m0/s1. The summed E-state index contributed by atoms with van der Waals surface area (Å²) in [6, 6.07) is 68.7. The second-order valence-electron chi connectivity index (χ2n) is 20.0. The van der Waals surface area contributed by atoms with Gasteiger partial charge in [-0.1, -0.05) is 219 Å². The van der Waals surface area contributed by atoms with Gasteiger partial charge in [0, 0.05) is 63.8 Å². The number of benzene rings is 10. The lowest BCUT2D eigenvalue weighted by molar-refractivity contribution is 0.410. The summed E-state index contributed by atoms with van der Waals surface area (Å²) >= 11 is 8.61. The molecular formula is C69H46ClN5S. The molecule has 3 aromatic heterocycles. The third-order valence-electron chi connectivity index (χ3n) is 15.8. The molecule has 13 aromatic rings. The van der Waals surface area contributed by atoms with Crippen molar-refractivity contribution in [2.75, 3.05) is 0 Å². The largest absolute Gasteiger partial charge is 0.352 e. The second-order valence-corrected chi connectivity index (χ2v) is 21.5. The van der Waals surface area contributed by atoms with Crippen molar-refractivity contribution in [3.8, 4) is 28.3 Å². The molecule has 10 aromatic carbocycles. The summed E-state index contributed by atoms with van der Waals surface area (Å²) in [7, 11) is 0. The zero-order valence-electron chi connectivity index (χ0n) is 41.2. The van der Waals surface area contributed by atoms with E-state index in [1.54, 1.807) is 6.08 Å². The number of hydrogen-bond acceptors (Lipinski definition) is 5. The van der Waals surface area contributed by atoms with E-state index in [2.05, 4.69) is 223 Å². The van der Waals surface area contributed by atoms with Crippen LogP contribution in [0.15, 0.2) is 236 Å². The summed E-state index contributed by atoms with van der Waals surface area (Å²) in [5, 5.41) is 16.7. The van der Waals surface area contributed by atoms with Gasteiger partial charge >= 0.3 is 0 Å². The van der Waals surface area contributed by atoms with E-state index in [-0.39, 0.29) is 6.04 Å². The first-order valence-corrected chi connectivity index (χ1v) is 27.1. The summed E-state index contributed by atoms with van der Waals surface area (Å²) in [4.78, 5) is 16.7. The Morgan fingerprint density at radius 2 is 1.34 bits per heavy atom. The molecule has 0 radical (unpaired) electrons. The average Bonchev–Trinajstić information content (AvgIpc) is 4.34. The van der Waals surface area contributed by atoms with Crippen LogP contribution >= 0.6 is 22.9 Å². The van der Waals surface area contributed by atoms with Gasteiger partial charge in [-0.15, -0.1) is 11.3 Å². The predicted octanol–water partition coefficient (Wildman–Crippen LogP) is 18.0. The molecular weight excluding hydrogens is 966 g/mol. The topological polar surface area (TPSA) is 55.1 Å². The number of halogens is 1. The van der Waals surface area contributed by atoms with Gasteiger partial charge in [-0.05, 0) is 86.4 Å². The minimum absolute atomic E-state index is 0.119. The lowest BCUT2D eigenvalue weighted by Crippen LogP contribution is -2.41. The zero-order chi connectivity index (χ0) is 50.5. The van der Waals surface area contributed by atoms with Crippen LogP contribution in [-0.2, 0) is 12.0 Å². The Labute approximate surface area is 447 Å². The fraction of sp³-hybridized carbons (Fsp3) is 0.0580. The van der Waals surface area contributed by atoms with Gasteiger partial charge in [-0.2, -0.15) is 0 Å². The van der Waals surface area contributed by atoms with Gasteiger partial charge in [-0.3, -0.25) is 4.57 Å². The van der Waals surface area contributed by atoms with Gasteiger partial charge in [0.1, 0.15) is 5.54 Å². The summed E-state index contributed by atoms with van der Waals surface area (Å²) in [6.07, 6.45) is 15.8. The quantitative estimate of drug-likeness (QED) is 0.0937. The first-order chi connectivity index (χ1) is 37.5. The summed E-state index contributed by atoms with van der Waals surface area (Å²) < 4.78 is 4.95. The number of aliphatic imine (C=N–C) groups is 1. The number of rotatable bonds is 8. The van der Waals surface area contributed by atoms with Gasteiger partial charge in [0.05, 0.1) is 28.3 Å². The van der Waals surface area contributed by atoms with E-state index in [1.165, 1.54) is 64.0 Å². The van der Waals surface area contributed by atoms with Crippen molar-refractivity contribution in [1.29, 1.82) is 0 Å². The van der Waals surface area contributed by atoms with Crippen LogP contribution in [0, 0.1) is 0 Å². The molecule has 360 valence electrons. The van der Waals surface area contributed by atoms with Crippen LogP contribution in [0.5, 0.6) is 0 Å². The first kappa shape index (κ1) is 44.5. The summed E-state index contributed by atoms with van der Waals surface area (Å²) in [6.45, 7) is 3.84. The Balaban J connectivity index is 1.03. The molecule has 4 heterocycles. The molecule has 2 atom stereocenters. The molecule has 1 aliphatic heterocycles. The third-order valence-corrected chi connectivity index (χ3v) is 17.2. The van der Waals surface area contributed by atoms with E-state index < -0.39 is 5.54 Å². The van der Waals surface area contributed by atoms with Crippen LogP contribution in [0.1, 0.15) is 28.7 Å². The molecule has 0 bridgehead atoms. The maximum absolute atomic E-state index is 6.75. The molecule has 5 nitrogen and oxygen atoms in total. The number of nitrogens with zero attached hydrogens (tertiary/aromatic N) is 4. The zero-order valence-corrected chi connectivity index (χ0v) is 42.8. The molecule has 15 rings (SSSR count). The Morgan fingerprint density at radius 1 is 0.618 bits per heavy atom. The van der Waals surface area contributed by atoms with Crippen LogP contribution in [0.2, 0.25) is 0 Å². The van der Waals surface area contributed by atoms with Gasteiger partial charge < -0.3 is 5.32 Å². The van der Waals surface area contributed by atoms with Crippen LogP contribution < -0.4 is 5.32 Å². The maximum atomic E-state index is 6.75. The van der Waals surface area contributed by atoms with E-state index in [0.29, 0.717) is 17.7 Å². The van der Waals surface area contributed by atoms with Crippen molar-refractivity contribution < 1.29 is 0 Å². The number of aromatic nitrogens is 3. The number of thiophene rings is 1. The second kappa shape index (κ2) is 17.6. The molecule has 0 saturated heterocycles. The Morgan fingerprint density at radius 3 is 2.22 bits per heavy atom. The predicted molar refractivity (Wildman–Crippen MR) is 323 cm³/mol. The number of fused-ring (bicyclic) bond motifs is 16. The molecule has 1 spiro atoms. The minimum Gasteiger partial charge on any atom is -0.352 e. The highest BCUT2D eigenvalue weighted by atomic mass is 35.5. The summed E-state index contributed by atoms with van der Waals surface area (Å²) in [5.41, 5.74) is 11.5. The molecule has 0 saturated carbocycles. The van der Waals surface area contributed by atoms with Crippen molar-refractivity contribution in [1.82, 2.24) is 19.9 Å². The van der Waals surface area contributed by atoms with Crippen LogP contribution in [0.3, 0.4) is 0 Å². The van der Waals surface area contributed by atoms with E-state index in [9.17, 15) is 0 Å². The first-order valence-electron chi connectivity index (χ1n) is 25.9. The lowest BCUT2D eigenvalue weighted by Gasteiger charge is -2.34. The Hall–Kier alpha value is -8.94. The molecule has 1 aliphatic carbocycles. The van der Waals surface area contributed by atoms with Crippen LogP contribution in [0.4, 0.5) is 0 Å². The Kier molecular flexibility index (Phi) is 10.3. The van der Waals surface area contributed by atoms with Crippen molar-refractivity contribution in [2.45, 2.75) is 24.4 Å². The van der Waals surface area contributed by atoms with Crippen molar-refractivity contribution in [3.63, 3.8) is 0 Å².